The number of nitrogen functional groups attached to an aromatic ring is 2. The number of nitrogens with zero attached hydrogens (tertiary/aromatic N) is 5. The van der Waals surface area contributed by atoms with E-state index < -0.39 is 0 Å². The van der Waals surface area contributed by atoms with Crippen molar-refractivity contribution in [2.45, 2.75) is 6.92 Å². The normalized spacial score (nSPS) is 10.9. The number of benzene rings is 1. The molecule has 0 fully saturated rings. The number of hydrogen-bond acceptors (Lipinski definition) is 6. The van der Waals surface area contributed by atoms with Crippen LogP contribution in [0.3, 0.4) is 0 Å². The van der Waals surface area contributed by atoms with Crippen LogP contribution in [-0.4, -0.2) is 25.0 Å². The number of hydrogen-bond donors (Lipinski definition) is 2. The molecule has 0 unspecified atom stereocenters. The Kier molecular flexibility index (Phi) is 2.12. The highest BCUT2D eigenvalue weighted by Gasteiger charge is 2.12. The summed E-state index contributed by atoms with van der Waals surface area (Å²) in [6.07, 6.45) is 0. The summed E-state index contributed by atoms with van der Waals surface area (Å²) >= 11 is 0. The Labute approximate surface area is 102 Å². The van der Waals surface area contributed by atoms with Gasteiger partial charge in [-0.1, -0.05) is 22.9 Å². The van der Waals surface area contributed by atoms with E-state index in [2.05, 4.69) is 20.3 Å². The SMILES string of the molecule is Cc1ccc(-n2nnc3c(N)nc(N)nc32)cc1. The van der Waals surface area contributed by atoms with Gasteiger partial charge in [-0.15, -0.1) is 5.10 Å². The average Bonchev–Trinajstić information content (AvgIpc) is 2.74. The fourth-order valence-electron chi connectivity index (χ4n) is 1.71. The van der Waals surface area contributed by atoms with Gasteiger partial charge in [0.05, 0.1) is 5.69 Å². The lowest BCUT2D eigenvalue weighted by molar-refractivity contribution is 0.817. The predicted molar refractivity (Wildman–Crippen MR) is 68.0 cm³/mol. The molecule has 0 aliphatic carbocycles. The first-order valence-corrected chi connectivity index (χ1v) is 5.36. The van der Waals surface area contributed by atoms with E-state index in [4.69, 9.17) is 11.5 Å². The maximum Gasteiger partial charge on any atom is 0.224 e. The minimum absolute atomic E-state index is 0.107. The molecule has 2 aromatic heterocycles. The lowest BCUT2D eigenvalue weighted by atomic mass is 10.2. The molecule has 0 saturated heterocycles. The fourth-order valence-corrected chi connectivity index (χ4v) is 1.71. The highest BCUT2D eigenvalue weighted by molar-refractivity contribution is 5.82. The van der Waals surface area contributed by atoms with Crippen LogP contribution in [0.25, 0.3) is 16.9 Å². The summed E-state index contributed by atoms with van der Waals surface area (Å²) < 4.78 is 1.59. The van der Waals surface area contributed by atoms with Crippen molar-refractivity contribution in [2.75, 3.05) is 11.5 Å². The van der Waals surface area contributed by atoms with Crippen LogP contribution in [0.15, 0.2) is 24.3 Å². The summed E-state index contributed by atoms with van der Waals surface area (Å²) in [7, 11) is 0. The third-order valence-electron chi connectivity index (χ3n) is 2.62. The molecule has 0 amide bonds. The van der Waals surface area contributed by atoms with Crippen LogP contribution in [0.4, 0.5) is 11.8 Å². The highest BCUT2D eigenvalue weighted by Crippen LogP contribution is 2.19. The van der Waals surface area contributed by atoms with Crippen LogP contribution in [0.2, 0.25) is 0 Å². The topological polar surface area (TPSA) is 109 Å². The molecule has 0 aliphatic heterocycles. The van der Waals surface area contributed by atoms with Crippen LogP contribution in [-0.2, 0) is 0 Å². The third kappa shape index (κ3) is 1.53. The molecule has 0 aliphatic rings. The van der Waals surface area contributed by atoms with Crippen LogP contribution in [0.5, 0.6) is 0 Å². The summed E-state index contributed by atoms with van der Waals surface area (Å²) in [5.74, 6) is 0.339. The molecule has 7 heteroatoms. The lowest BCUT2D eigenvalue weighted by Gasteiger charge is -2.02. The molecular weight excluding hydrogens is 230 g/mol. The summed E-state index contributed by atoms with van der Waals surface area (Å²) in [6, 6.07) is 7.82. The molecule has 1 aromatic carbocycles. The average molecular weight is 241 g/mol. The van der Waals surface area contributed by atoms with Crippen molar-refractivity contribution in [1.82, 2.24) is 25.0 Å². The molecule has 0 atom stereocenters. The molecule has 0 saturated carbocycles. The van der Waals surface area contributed by atoms with E-state index in [1.54, 1.807) is 4.68 Å². The highest BCUT2D eigenvalue weighted by atomic mass is 15.4. The van der Waals surface area contributed by atoms with E-state index in [1.165, 1.54) is 0 Å². The summed E-state index contributed by atoms with van der Waals surface area (Å²) in [5, 5.41) is 7.99. The van der Waals surface area contributed by atoms with Gasteiger partial charge < -0.3 is 11.5 Å². The number of rotatable bonds is 1. The zero-order valence-electron chi connectivity index (χ0n) is 9.70. The van der Waals surface area contributed by atoms with E-state index in [1.807, 2.05) is 31.2 Å². The van der Waals surface area contributed by atoms with Crippen LogP contribution >= 0.6 is 0 Å². The van der Waals surface area contributed by atoms with Crippen LogP contribution in [0, 0.1) is 6.92 Å². The van der Waals surface area contributed by atoms with Crippen molar-refractivity contribution >= 4 is 22.9 Å². The van der Waals surface area contributed by atoms with Gasteiger partial charge in [-0.2, -0.15) is 14.6 Å². The molecule has 3 rings (SSSR count). The van der Waals surface area contributed by atoms with E-state index in [9.17, 15) is 0 Å². The number of fused-ring (bicyclic) bond motifs is 1. The Bertz CT molecular complexity index is 714. The van der Waals surface area contributed by atoms with Gasteiger partial charge in [-0.3, -0.25) is 0 Å². The molecular formula is C11H11N7. The van der Waals surface area contributed by atoms with Crippen molar-refractivity contribution in [2.24, 2.45) is 0 Å². The molecule has 18 heavy (non-hydrogen) atoms. The quantitative estimate of drug-likeness (QED) is 0.648. The Balaban J connectivity index is 2.27. The Hall–Kier alpha value is -2.70. The summed E-state index contributed by atoms with van der Waals surface area (Å²) in [5.41, 5.74) is 14.3. The van der Waals surface area contributed by atoms with Crippen molar-refractivity contribution in [3.8, 4) is 5.69 Å². The third-order valence-corrected chi connectivity index (χ3v) is 2.62. The largest absolute Gasteiger partial charge is 0.382 e. The Morgan fingerprint density at radius 3 is 2.50 bits per heavy atom. The molecule has 7 nitrogen and oxygen atoms in total. The molecule has 0 radical (unpaired) electrons. The minimum atomic E-state index is 0.107. The second-order valence-corrected chi connectivity index (χ2v) is 3.98. The maximum absolute atomic E-state index is 5.73. The van der Waals surface area contributed by atoms with E-state index in [0.717, 1.165) is 11.3 Å². The van der Waals surface area contributed by atoms with Crippen molar-refractivity contribution < 1.29 is 0 Å². The smallest absolute Gasteiger partial charge is 0.224 e. The van der Waals surface area contributed by atoms with Gasteiger partial charge in [-0.05, 0) is 19.1 Å². The van der Waals surface area contributed by atoms with E-state index in [-0.39, 0.29) is 11.8 Å². The van der Waals surface area contributed by atoms with E-state index in [0.29, 0.717) is 11.2 Å². The van der Waals surface area contributed by atoms with Crippen molar-refractivity contribution in [3.05, 3.63) is 29.8 Å². The standard InChI is InChI=1S/C11H11N7/c1-6-2-4-7(5-3-6)18-10-8(16-17-18)9(12)14-11(13)15-10/h2-5H,1H3,(H4,12,13,14,15). The van der Waals surface area contributed by atoms with Gasteiger partial charge in [0, 0.05) is 0 Å². The van der Waals surface area contributed by atoms with Crippen molar-refractivity contribution in [3.63, 3.8) is 0 Å². The second kappa shape index (κ2) is 3.66. The van der Waals surface area contributed by atoms with E-state index >= 15 is 0 Å². The maximum atomic E-state index is 5.73. The van der Waals surface area contributed by atoms with Gasteiger partial charge in [0.15, 0.2) is 17.0 Å². The van der Waals surface area contributed by atoms with Gasteiger partial charge in [-0.25, -0.2) is 0 Å². The van der Waals surface area contributed by atoms with Gasteiger partial charge >= 0.3 is 0 Å². The number of anilines is 2. The van der Waals surface area contributed by atoms with Crippen LogP contribution < -0.4 is 11.5 Å². The molecule has 0 bridgehead atoms. The molecule has 0 spiro atoms. The first-order chi connectivity index (χ1) is 8.65. The predicted octanol–water partition coefficient (Wildman–Crippen LogP) is 0.683. The Morgan fingerprint density at radius 1 is 1.06 bits per heavy atom. The summed E-state index contributed by atoms with van der Waals surface area (Å²) in [4.78, 5) is 7.97. The molecule has 90 valence electrons. The first kappa shape index (κ1) is 10.5. The number of nitrogens with two attached hydrogens (primary N) is 2. The Morgan fingerprint density at radius 2 is 1.78 bits per heavy atom. The lowest BCUT2D eigenvalue weighted by Crippen LogP contribution is -2.03. The second-order valence-electron chi connectivity index (χ2n) is 3.98. The van der Waals surface area contributed by atoms with Gasteiger partial charge in [0.1, 0.15) is 0 Å². The molecule has 2 heterocycles. The first-order valence-electron chi connectivity index (χ1n) is 5.36. The van der Waals surface area contributed by atoms with Crippen molar-refractivity contribution in [1.29, 1.82) is 0 Å². The van der Waals surface area contributed by atoms with Crippen LogP contribution in [0.1, 0.15) is 5.56 Å². The molecule has 4 N–H and O–H groups in total. The molecule has 3 aromatic rings. The zero-order valence-corrected chi connectivity index (χ0v) is 9.70. The monoisotopic (exact) mass is 241 g/mol. The fraction of sp³-hybridized carbons (Fsp3) is 0.0909. The number of aromatic nitrogens is 5. The number of aryl methyl sites for hydroxylation is 1. The van der Waals surface area contributed by atoms with Gasteiger partial charge in [0.25, 0.3) is 0 Å². The minimum Gasteiger partial charge on any atom is -0.382 e. The zero-order chi connectivity index (χ0) is 12.7. The van der Waals surface area contributed by atoms with Gasteiger partial charge in [0.2, 0.25) is 5.95 Å². The summed E-state index contributed by atoms with van der Waals surface area (Å²) in [6.45, 7) is 2.02.